The summed E-state index contributed by atoms with van der Waals surface area (Å²) >= 11 is 6.12. The third-order valence-electron chi connectivity index (χ3n) is 10.1. The topological polar surface area (TPSA) is 87.7 Å². The number of rotatable bonds is 6. The molecule has 2 N–H and O–H groups in total. The molecule has 1 aliphatic carbocycles. The van der Waals surface area contributed by atoms with E-state index in [-0.39, 0.29) is 36.4 Å². The van der Waals surface area contributed by atoms with E-state index >= 15 is 0 Å². The fourth-order valence-electron chi connectivity index (χ4n) is 8.03. The molecule has 1 saturated carbocycles. The predicted molar refractivity (Wildman–Crippen MR) is 158 cm³/mol. The van der Waals surface area contributed by atoms with Gasteiger partial charge in [0.1, 0.15) is 11.6 Å². The molecule has 4 fully saturated rings. The number of hydrogen-bond donors (Lipinski definition) is 2. The number of ether oxygens (including phenoxy) is 1. The zero-order chi connectivity index (χ0) is 29.1. The maximum atomic E-state index is 14.3. The number of likely N-dealkylation sites (tertiary alicyclic amines) is 1. The number of carbonyl (C=O) groups excluding carboxylic acids is 3. The van der Waals surface area contributed by atoms with Crippen molar-refractivity contribution in [2.75, 3.05) is 5.32 Å². The summed E-state index contributed by atoms with van der Waals surface area (Å²) in [6, 6.07) is 12.4. The maximum absolute atomic E-state index is 14.3. The number of amides is 3. The second-order valence-electron chi connectivity index (χ2n) is 12.9. The smallest absolute Gasteiger partial charge is 0.250 e. The van der Waals surface area contributed by atoms with Crippen LogP contribution in [0.4, 0.5) is 5.69 Å². The molecule has 6 rings (SSSR count). The van der Waals surface area contributed by atoms with Crippen molar-refractivity contribution in [3.63, 3.8) is 0 Å². The van der Waals surface area contributed by atoms with Crippen LogP contribution in [0.15, 0.2) is 42.5 Å². The molecule has 2 bridgehead atoms. The van der Waals surface area contributed by atoms with Gasteiger partial charge in [0, 0.05) is 23.3 Å². The van der Waals surface area contributed by atoms with E-state index < -0.39 is 23.5 Å². The third-order valence-corrected chi connectivity index (χ3v) is 10.4. The van der Waals surface area contributed by atoms with Crippen LogP contribution in [0.5, 0.6) is 0 Å². The highest BCUT2D eigenvalue weighted by atomic mass is 35.5. The number of hydrogen-bond acceptors (Lipinski definition) is 4. The summed E-state index contributed by atoms with van der Waals surface area (Å²) in [6.07, 6.45) is 4.06. The lowest BCUT2D eigenvalue weighted by molar-refractivity contribution is -0.141. The number of carbonyl (C=O) groups is 3. The summed E-state index contributed by atoms with van der Waals surface area (Å²) in [5.41, 5.74) is 2.60. The van der Waals surface area contributed by atoms with Gasteiger partial charge < -0.3 is 20.3 Å². The van der Waals surface area contributed by atoms with Crippen molar-refractivity contribution in [1.29, 1.82) is 0 Å². The van der Waals surface area contributed by atoms with E-state index in [0.717, 1.165) is 29.5 Å². The van der Waals surface area contributed by atoms with Crippen LogP contribution < -0.4 is 10.6 Å². The maximum Gasteiger partial charge on any atom is 0.250 e. The van der Waals surface area contributed by atoms with Crippen LogP contribution in [0.3, 0.4) is 0 Å². The molecule has 218 valence electrons. The monoisotopic (exact) mass is 577 g/mol. The van der Waals surface area contributed by atoms with Crippen molar-refractivity contribution in [2.45, 2.75) is 90.1 Å². The first kappa shape index (κ1) is 28.2. The van der Waals surface area contributed by atoms with Crippen molar-refractivity contribution in [2.24, 2.45) is 23.7 Å². The van der Waals surface area contributed by atoms with Gasteiger partial charge in [0.15, 0.2) is 0 Å². The summed E-state index contributed by atoms with van der Waals surface area (Å²) in [4.78, 5) is 44.0. The van der Waals surface area contributed by atoms with Gasteiger partial charge in [0.2, 0.25) is 17.7 Å². The summed E-state index contributed by atoms with van der Waals surface area (Å²) in [6.45, 7) is 8.66. The number of fused-ring (bicyclic) bond motifs is 1. The number of aryl methyl sites for hydroxylation is 2. The summed E-state index contributed by atoms with van der Waals surface area (Å²) in [5, 5.41) is 7.01. The van der Waals surface area contributed by atoms with E-state index in [9.17, 15) is 14.4 Å². The van der Waals surface area contributed by atoms with E-state index in [1.165, 1.54) is 6.42 Å². The second kappa shape index (κ2) is 10.7. The highest BCUT2D eigenvalue weighted by molar-refractivity contribution is 6.30. The first-order valence-corrected chi connectivity index (χ1v) is 15.4. The number of benzene rings is 2. The van der Waals surface area contributed by atoms with Gasteiger partial charge >= 0.3 is 0 Å². The molecule has 0 radical (unpaired) electrons. The molecular formula is C33H40ClN3O4. The Hall–Kier alpha value is -2.90. The van der Waals surface area contributed by atoms with Crippen LogP contribution in [-0.4, -0.2) is 46.4 Å². The van der Waals surface area contributed by atoms with Gasteiger partial charge in [0.05, 0.1) is 17.9 Å². The second-order valence-corrected chi connectivity index (χ2v) is 13.3. The Kier molecular flexibility index (Phi) is 7.39. The Morgan fingerprint density at radius 2 is 1.73 bits per heavy atom. The summed E-state index contributed by atoms with van der Waals surface area (Å²) in [5.74, 6) is -0.963. The molecule has 1 spiro atoms. The molecule has 8 atom stereocenters. The fraction of sp³-hybridized carbons (Fsp3) is 0.545. The Morgan fingerprint density at radius 1 is 1.02 bits per heavy atom. The molecule has 41 heavy (non-hydrogen) atoms. The zero-order valence-corrected chi connectivity index (χ0v) is 25.0. The number of nitrogens with one attached hydrogen (secondary N) is 2. The highest BCUT2D eigenvalue weighted by Crippen LogP contribution is 2.58. The van der Waals surface area contributed by atoms with Gasteiger partial charge in [-0.2, -0.15) is 0 Å². The first-order valence-electron chi connectivity index (χ1n) is 15.0. The van der Waals surface area contributed by atoms with E-state index in [0.29, 0.717) is 35.4 Å². The molecule has 2 aromatic carbocycles. The highest BCUT2D eigenvalue weighted by Gasteiger charge is 2.74. The lowest BCUT2D eigenvalue weighted by Crippen LogP contribution is -2.54. The predicted octanol–water partition coefficient (Wildman–Crippen LogP) is 5.41. The largest absolute Gasteiger partial charge is 0.367 e. The van der Waals surface area contributed by atoms with Crippen molar-refractivity contribution in [3.8, 4) is 0 Å². The lowest BCUT2D eigenvalue weighted by atomic mass is 9.70. The third kappa shape index (κ3) is 4.95. The van der Waals surface area contributed by atoms with Crippen LogP contribution in [0, 0.1) is 37.5 Å². The number of halogens is 1. The number of anilines is 1. The van der Waals surface area contributed by atoms with Crippen molar-refractivity contribution in [3.05, 3.63) is 64.2 Å². The molecule has 3 amide bonds. The average Bonchev–Trinajstić information content (AvgIpc) is 3.55. The zero-order valence-electron chi connectivity index (χ0n) is 24.3. The molecule has 3 heterocycles. The Balaban J connectivity index is 1.32. The molecule has 8 heteroatoms. The quantitative estimate of drug-likeness (QED) is 0.480. The van der Waals surface area contributed by atoms with E-state index in [1.807, 2.05) is 38.1 Å². The van der Waals surface area contributed by atoms with Crippen molar-refractivity contribution in [1.82, 2.24) is 10.2 Å². The van der Waals surface area contributed by atoms with Crippen molar-refractivity contribution >= 4 is 35.0 Å². The van der Waals surface area contributed by atoms with E-state index in [2.05, 4.69) is 30.5 Å². The summed E-state index contributed by atoms with van der Waals surface area (Å²) in [7, 11) is 0. The Bertz CT molecular complexity index is 1340. The SMILES string of the molecule is Cc1cc(C)cc(NC(=O)C2N(Cc3ccc(Cl)cc3)C(=O)C3C(C(=O)NC4CCCC(C)C4C)C4CCC32O4)c1. The Labute approximate surface area is 247 Å². The van der Waals surface area contributed by atoms with Gasteiger partial charge in [-0.15, -0.1) is 0 Å². The molecule has 2 aromatic rings. The van der Waals surface area contributed by atoms with Crippen LogP contribution in [0.1, 0.15) is 62.6 Å². The minimum atomic E-state index is -1.04. The molecule has 7 nitrogen and oxygen atoms in total. The molecular weight excluding hydrogens is 538 g/mol. The molecule has 3 aliphatic heterocycles. The normalized spacial score (nSPS) is 34.0. The minimum absolute atomic E-state index is 0.0895. The average molecular weight is 578 g/mol. The van der Waals surface area contributed by atoms with Gasteiger partial charge in [-0.1, -0.05) is 56.5 Å². The van der Waals surface area contributed by atoms with Gasteiger partial charge in [-0.05, 0) is 85.9 Å². The standard InChI is InChI=1S/C33H40ClN3O4/c1-18-14-19(2)16-24(15-18)35-31(39)29-33-13-12-26(41-33)27(30(38)36-25-7-5-6-20(3)21(25)4)28(33)32(40)37(29)17-22-8-10-23(34)11-9-22/h8-11,14-16,20-21,25-29H,5-7,12-13,17H2,1-4H3,(H,35,39)(H,36,38). The summed E-state index contributed by atoms with van der Waals surface area (Å²) < 4.78 is 6.63. The fourth-order valence-corrected chi connectivity index (χ4v) is 8.16. The molecule has 8 unspecified atom stereocenters. The van der Waals surface area contributed by atoms with Gasteiger partial charge in [0.25, 0.3) is 0 Å². The van der Waals surface area contributed by atoms with Gasteiger partial charge in [-0.3, -0.25) is 14.4 Å². The molecule has 0 aromatic heterocycles. The van der Waals surface area contributed by atoms with Crippen LogP contribution in [0.25, 0.3) is 0 Å². The van der Waals surface area contributed by atoms with E-state index in [1.54, 1.807) is 17.0 Å². The molecule has 4 aliphatic rings. The Morgan fingerprint density at radius 3 is 2.44 bits per heavy atom. The van der Waals surface area contributed by atoms with Crippen molar-refractivity contribution < 1.29 is 19.1 Å². The first-order chi connectivity index (χ1) is 19.6. The van der Waals surface area contributed by atoms with Crippen LogP contribution in [0.2, 0.25) is 5.02 Å². The van der Waals surface area contributed by atoms with Crippen LogP contribution >= 0.6 is 11.6 Å². The number of nitrogens with zero attached hydrogens (tertiary/aromatic N) is 1. The van der Waals surface area contributed by atoms with Crippen LogP contribution in [-0.2, 0) is 25.7 Å². The minimum Gasteiger partial charge on any atom is -0.367 e. The van der Waals surface area contributed by atoms with Gasteiger partial charge in [-0.25, -0.2) is 0 Å². The van der Waals surface area contributed by atoms with E-state index in [4.69, 9.17) is 16.3 Å². The molecule has 3 saturated heterocycles. The lowest BCUT2D eigenvalue weighted by Gasteiger charge is -2.36.